The molecule has 5 rings (SSSR count). The fraction of sp³-hybridized carbons (Fsp3) is 0.111. The molecule has 8 heteroatoms. The lowest BCUT2D eigenvalue weighted by Gasteiger charge is -2.25. The highest BCUT2D eigenvalue weighted by atomic mass is 35.5. The Kier molecular flexibility index (Phi) is 6.04. The molecular formula is C27H21ClN4O3. The van der Waals surface area contributed by atoms with E-state index in [0.29, 0.717) is 28.0 Å². The van der Waals surface area contributed by atoms with Gasteiger partial charge in [0.05, 0.1) is 24.3 Å². The Hall–Kier alpha value is -4.41. The molecule has 3 N–H and O–H groups in total. The van der Waals surface area contributed by atoms with Crippen molar-refractivity contribution in [3.8, 4) is 34.7 Å². The summed E-state index contributed by atoms with van der Waals surface area (Å²) in [6, 6.07) is 25.0. The molecule has 0 amide bonds. The summed E-state index contributed by atoms with van der Waals surface area (Å²) in [7, 11) is 1.57. The summed E-state index contributed by atoms with van der Waals surface area (Å²) >= 11 is 6.26. The number of nitrogens with two attached hydrogens (primary N) is 1. The second-order valence-electron chi connectivity index (χ2n) is 7.90. The summed E-state index contributed by atoms with van der Waals surface area (Å²) in [6.45, 7) is 0.285. The number of hydrogen-bond donors (Lipinski definition) is 2. The van der Waals surface area contributed by atoms with Crippen LogP contribution >= 0.6 is 11.6 Å². The Morgan fingerprint density at radius 1 is 1.09 bits per heavy atom. The molecule has 0 spiro atoms. The zero-order valence-corrected chi connectivity index (χ0v) is 19.5. The molecule has 1 atom stereocenters. The van der Waals surface area contributed by atoms with Gasteiger partial charge in [-0.3, -0.25) is 5.10 Å². The Labute approximate surface area is 207 Å². The number of aromatic amines is 1. The normalized spacial score (nSPS) is 14.6. The second kappa shape index (κ2) is 9.45. The summed E-state index contributed by atoms with van der Waals surface area (Å²) < 4.78 is 17.3. The van der Waals surface area contributed by atoms with Gasteiger partial charge in [0.25, 0.3) is 0 Å². The lowest BCUT2D eigenvalue weighted by atomic mass is 9.83. The standard InChI is InChI=1S/C27H21ClN4O3/c1-33-22-13-17(11-12-21(22)34-15-18-9-5-6-10-20(18)28)23-19(14-29)26(30)35-27-24(23)25(31-32-27)16-7-3-2-4-8-16/h2-13,23H,15,30H2,1H3,(H,31,32)/t23-/m1/s1. The van der Waals surface area contributed by atoms with Crippen LogP contribution in [0.15, 0.2) is 84.3 Å². The SMILES string of the molecule is COc1cc([C@@H]2C(C#N)=C(N)Oc3n[nH]c(-c4ccccc4)c32)ccc1OCc1ccccc1Cl. The van der Waals surface area contributed by atoms with Crippen LogP contribution in [-0.2, 0) is 6.61 Å². The molecule has 7 nitrogen and oxygen atoms in total. The Morgan fingerprint density at radius 2 is 1.86 bits per heavy atom. The predicted octanol–water partition coefficient (Wildman–Crippen LogP) is 5.54. The molecule has 1 aromatic heterocycles. The number of aromatic nitrogens is 2. The van der Waals surface area contributed by atoms with Crippen molar-refractivity contribution in [3.05, 3.63) is 106 Å². The van der Waals surface area contributed by atoms with E-state index in [9.17, 15) is 5.26 Å². The Balaban J connectivity index is 1.56. The molecule has 0 bridgehead atoms. The number of nitriles is 1. The van der Waals surface area contributed by atoms with Gasteiger partial charge in [0.15, 0.2) is 11.5 Å². The molecule has 174 valence electrons. The van der Waals surface area contributed by atoms with Crippen LogP contribution in [0.4, 0.5) is 0 Å². The highest BCUT2D eigenvalue weighted by Gasteiger charge is 2.36. The number of rotatable bonds is 6. The first-order valence-corrected chi connectivity index (χ1v) is 11.2. The summed E-state index contributed by atoms with van der Waals surface area (Å²) in [6.07, 6.45) is 0. The van der Waals surface area contributed by atoms with Gasteiger partial charge in [-0.15, -0.1) is 5.10 Å². The maximum Gasteiger partial charge on any atom is 0.244 e. The van der Waals surface area contributed by atoms with E-state index in [2.05, 4.69) is 16.3 Å². The number of hydrogen-bond acceptors (Lipinski definition) is 6. The average molecular weight is 485 g/mol. The molecule has 0 radical (unpaired) electrons. The smallest absolute Gasteiger partial charge is 0.244 e. The number of benzene rings is 3. The van der Waals surface area contributed by atoms with E-state index in [-0.39, 0.29) is 12.5 Å². The quantitative estimate of drug-likeness (QED) is 0.372. The number of halogens is 1. The van der Waals surface area contributed by atoms with Gasteiger partial charge in [0, 0.05) is 10.6 Å². The third kappa shape index (κ3) is 4.16. The lowest BCUT2D eigenvalue weighted by molar-refractivity contribution is 0.284. The summed E-state index contributed by atoms with van der Waals surface area (Å²) in [4.78, 5) is 0. The van der Waals surface area contributed by atoms with Crippen LogP contribution < -0.4 is 19.9 Å². The summed E-state index contributed by atoms with van der Waals surface area (Å²) in [5.41, 5.74) is 10.5. The van der Waals surface area contributed by atoms with Crippen molar-refractivity contribution in [2.24, 2.45) is 5.73 Å². The number of nitrogens with zero attached hydrogens (tertiary/aromatic N) is 2. The van der Waals surface area contributed by atoms with Gasteiger partial charge in [-0.2, -0.15) is 5.26 Å². The van der Waals surface area contributed by atoms with Gasteiger partial charge in [-0.1, -0.05) is 66.2 Å². The van der Waals surface area contributed by atoms with Crippen LogP contribution in [0.2, 0.25) is 5.02 Å². The highest BCUT2D eigenvalue weighted by Crippen LogP contribution is 2.47. The summed E-state index contributed by atoms with van der Waals surface area (Å²) in [5, 5.41) is 18.0. The fourth-order valence-corrected chi connectivity index (χ4v) is 4.35. The second-order valence-corrected chi connectivity index (χ2v) is 8.31. The van der Waals surface area contributed by atoms with Gasteiger partial charge < -0.3 is 19.9 Å². The molecule has 0 aliphatic carbocycles. The number of ether oxygens (including phenoxy) is 3. The van der Waals surface area contributed by atoms with Crippen LogP contribution in [0, 0.1) is 11.3 Å². The first-order valence-electron chi connectivity index (χ1n) is 10.9. The molecule has 0 unspecified atom stereocenters. The zero-order valence-electron chi connectivity index (χ0n) is 18.8. The van der Waals surface area contributed by atoms with Crippen LogP contribution in [0.5, 0.6) is 17.4 Å². The van der Waals surface area contributed by atoms with E-state index < -0.39 is 5.92 Å². The predicted molar refractivity (Wildman–Crippen MR) is 132 cm³/mol. The first-order chi connectivity index (χ1) is 17.1. The number of allylic oxidation sites excluding steroid dienone is 1. The van der Waals surface area contributed by atoms with E-state index in [1.165, 1.54) is 0 Å². The van der Waals surface area contributed by atoms with E-state index in [1.54, 1.807) is 7.11 Å². The van der Waals surface area contributed by atoms with Gasteiger partial charge >= 0.3 is 0 Å². The molecule has 35 heavy (non-hydrogen) atoms. The lowest BCUT2D eigenvalue weighted by Crippen LogP contribution is -2.21. The van der Waals surface area contributed by atoms with Crippen molar-refractivity contribution in [2.45, 2.75) is 12.5 Å². The van der Waals surface area contributed by atoms with Crippen molar-refractivity contribution in [1.82, 2.24) is 10.2 Å². The molecule has 1 aliphatic heterocycles. The van der Waals surface area contributed by atoms with Gasteiger partial charge in [-0.25, -0.2) is 0 Å². The first kappa shape index (κ1) is 22.4. The van der Waals surface area contributed by atoms with Crippen LogP contribution in [0.3, 0.4) is 0 Å². The Morgan fingerprint density at radius 3 is 2.60 bits per heavy atom. The van der Waals surface area contributed by atoms with Crippen LogP contribution in [-0.4, -0.2) is 17.3 Å². The molecule has 0 saturated carbocycles. The van der Waals surface area contributed by atoms with E-state index in [4.69, 9.17) is 31.5 Å². The van der Waals surface area contributed by atoms with Crippen molar-refractivity contribution >= 4 is 11.6 Å². The maximum atomic E-state index is 9.97. The minimum absolute atomic E-state index is 0.0223. The van der Waals surface area contributed by atoms with Crippen molar-refractivity contribution in [3.63, 3.8) is 0 Å². The third-order valence-electron chi connectivity index (χ3n) is 5.86. The van der Waals surface area contributed by atoms with E-state index >= 15 is 0 Å². The topological polar surface area (TPSA) is 106 Å². The molecule has 4 aromatic rings. The number of fused-ring (bicyclic) bond motifs is 1. The highest BCUT2D eigenvalue weighted by molar-refractivity contribution is 6.31. The molecule has 3 aromatic carbocycles. The molecule has 0 saturated heterocycles. The number of H-pyrrole nitrogens is 1. The molecular weight excluding hydrogens is 464 g/mol. The largest absolute Gasteiger partial charge is 0.493 e. The minimum atomic E-state index is -0.510. The van der Waals surface area contributed by atoms with Crippen molar-refractivity contribution in [1.29, 1.82) is 5.26 Å². The maximum absolute atomic E-state index is 9.97. The van der Waals surface area contributed by atoms with Gasteiger partial charge in [0.2, 0.25) is 11.8 Å². The molecule has 1 aliphatic rings. The average Bonchev–Trinajstić information content (AvgIpc) is 3.31. The zero-order chi connectivity index (χ0) is 24.4. The minimum Gasteiger partial charge on any atom is -0.493 e. The number of methoxy groups -OCH3 is 1. The van der Waals surface area contributed by atoms with Crippen LogP contribution in [0.1, 0.15) is 22.6 Å². The van der Waals surface area contributed by atoms with Crippen LogP contribution in [0.25, 0.3) is 11.3 Å². The monoisotopic (exact) mass is 484 g/mol. The third-order valence-corrected chi connectivity index (χ3v) is 6.23. The molecule has 2 heterocycles. The van der Waals surface area contributed by atoms with Crippen molar-refractivity contribution in [2.75, 3.05) is 7.11 Å². The van der Waals surface area contributed by atoms with Gasteiger partial charge in [-0.05, 0) is 29.3 Å². The van der Waals surface area contributed by atoms with Gasteiger partial charge in [0.1, 0.15) is 18.2 Å². The van der Waals surface area contributed by atoms with E-state index in [0.717, 1.165) is 27.9 Å². The Bertz CT molecular complexity index is 1460. The van der Waals surface area contributed by atoms with Crippen molar-refractivity contribution < 1.29 is 14.2 Å². The fourth-order valence-electron chi connectivity index (χ4n) is 4.16. The number of nitrogens with one attached hydrogen (secondary N) is 1. The molecule has 0 fully saturated rings. The summed E-state index contributed by atoms with van der Waals surface area (Å²) in [5.74, 6) is 0.916. The van der Waals surface area contributed by atoms with E-state index in [1.807, 2.05) is 72.8 Å².